The molecule has 31 heavy (non-hydrogen) atoms. The number of hydrogen-bond acceptors (Lipinski definition) is 5. The molecule has 1 heterocycles. The molecule has 0 aromatic rings. The number of thioether (sulfide) groups is 1. The van der Waals surface area contributed by atoms with E-state index in [9.17, 15) is 27.6 Å². The van der Waals surface area contributed by atoms with Crippen LogP contribution in [0.15, 0.2) is 0 Å². The third kappa shape index (κ3) is 13.0. The lowest BCUT2D eigenvalue weighted by molar-refractivity contribution is -0.167. The molecule has 1 saturated heterocycles. The lowest BCUT2D eigenvalue weighted by Gasteiger charge is -2.27. The first kappa shape index (κ1) is 27.7. The normalized spacial score (nSPS) is 16.2. The van der Waals surface area contributed by atoms with Gasteiger partial charge in [0.15, 0.2) is 0 Å². The van der Waals surface area contributed by atoms with Crippen molar-refractivity contribution in [3.8, 4) is 0 Å². The van der Waals surface area contributed by atoms with Gasteiger partial charge in [0.25, 0.3) is 0 Å². The predicted molar refractivity (Wildman–Crippen MR) is 117 cm³/mol. The van der Waals surface area contributed by atoms with Crippen LogP contribution in [-0.4, -0.2) is 72.4 Å². The number of nitrogens with one attached hydrogen (secondary N) is 2. The number of amides is 2. The molecule has 0 bridgehead atoms. The van der Waals surface area contributed by atoms with Crippen molar-refractivity contribution in [2.24, 2.45) is 5.92 Å². The fourth-order valence-corrected chi connectivity index (χ4v) is 4.10. The van der Waals surface area contributed by atoms with Gasteiger partial charge in [-0.25, -0.2) is 0 Å². The van der Waals surface area contributed by atoms with Crippen LogP contribution >= 0.6 is 11.8 Å². The highest BCUT2D eigenvalue weighted by atomic mass is 32.2. The Labute approximate surface area is 187 Å². The van der Waals surface area contributed by atoms with Gasteiger partial charge in [-0.3, -0.25) is 14.4 Å². The van der Waals surface area contributed by atoms with E-state index in [-0.39, 0.29) is 11.8 Å². The minimum absolute atomic E-state index is 0.204. The van der Waals surface area contributed by atoms with Crippen LogP contribution in [0.2, 0.25) is 0 Å². The molecule has 2 N–H and O–H groups in total. The lowest BCUT2D eigenvalue weighted by Crippen LogP contribution is -2.48. The SMILES string of the molecule is CC(C)CCC(=O)N[C@@H](CCCSCC(=O)C(F)(F)F)C(=O)NCCN1CCCCC1. The Hall–Kier alpha value is -1.29. The lowest BCUT2D eigenvalue weighted by atomic mass is 10.1. The summed E-state index contributed by atoms with van der Waals surface area (Å²) in [4.78, 5) is 38.0. The zero-order valence-corrected chi connectivity index (χ0v) is 19.4. The number of rotatable bonds is 14. The second-order valence-corrected chi connectivity index (χ2v) is 9.47. The molecule has 1 aliphatic heterocycles. The number of likely N-dealkylation sites (tertiary alicyclic amines) is 1. The van der Waals surface area contributed by atoms with Crippen LogP contribution in [-0.2, 0) is 14.4 Å². The Morgan fingerprint density at radius 1 is 1.06 bits per heavy atom. The van der Waals surface area contributed by atoms with Gasteiger partial charge in [-0.15, -0.1) is 0 Å². The number of halogens is 3. The molecule has 1 aliphatic rings. The van der Waals surface area contributed by atoms with Crippen LogP contribution in [0.3, 0.4) is 0 Å². The van der Waals surface area contributed by atoms with E-state index in [1.165, 1.54) is 6.42 Å². The molecule has 0 saturated carbocycles. The molecule has 0 aromatic heterocycles. The molecule has 10 heteroatoms. The van der Waals surface area contributed by atoms with Gasteiger partial charge in [0.1, 0.15) is 6.04 Å². The number of ketones is 1. The third-order valence-electron chi connectivity index (χ3n) is 5.11. The van der Waals surface area contributed by atoms with Gasteiger partial charge in [-0.2, -0.15) is 24.9 Å². The number of Topliss-reactive ketones (excluding diaryl/α,β-unsaturated/α-hetero) is 1. The molecule has 1 fully saturated rings. The smallest absolute Gasteiger partial charge is 0.353 e. The van der Waals surface area contributed by atoms with E-state index in [2.05, 4.69) is 15.5 Å². The summed E-state index contributed by atoms with van der Waals surface area (Å²) >= 11 is 0.891. The maximum Gasteiger partial charge on any atom is 0.450 e. The quantitative estimate of drug-likeness (QED) is 0.384. The van der Waals surface area contributed by atoms with Crippen LogP contribution in [0.1, 0.15) is 58.8 Å². The highest BCUT2D eigenvalue weighted by Gasteiger charge is 2.37. The zero-order valence-electron chi connectivity index (χ0n) is 18.6. The van der Waals surface area contributed by atoms with Crippen molar-refractivity contribution < 1.29 is 27.6 Å². The largest absolute Gasteiger partial charge is 0.450 e. The number of piperidine rings is 1. The van der Waals surface area contributed by atoms with E-state index in [1.807, 2.05) is 13.8 Å². The summed E-state index contributed by atoms with van der Waals surface area (Å²) in [6.45, 7) is 7.33. The average Bonchev–Trinajstić information content (AvgIpc) is 2.71. The Kier molecular flexibility index (Phi) is 13.2. The van der Waals surface area contributed by atoms with Crippen LogP contribution in [0, 0.1) is 5.92 Å². The van der Waals surface area contributed by atoms with Crippen molar-refractivity contribution in [2.75, 3.05) is 37.7 Å². The molecule has 180 valence electrons. The summed E-state index contributed by atoms with van der Waals surface area (Å²) in [7, 11) is 0. The standard InChI is InChI=1S/C21H36F3N3O3S/c1-16(2)8-9-19(29)26-17(7-6-14-31-15-18(28)21(22,23)24)20(30)25-10-13-27-11-4-3-5-12-27/h16-17H,3-15H2,1-2H3,(H,25,30)(H,26,29)/t17-/m0/s1. The fraction of sp³-hybridized carbons (Fsp3) is 0.857. The molecule has 1 rings (SSSR count). The Morgan fingerprint density at radius 3 is 2.35 bits per heavy atom. The van der Waals surface area contributed by atoms with E-state index < -0.39 is 23.8 Å². The molecule has 0 aromatic carbocycles. The van der Waals surface area contributed by atoms with E-state index >= 15 is 0 Å². The van der Waals surface area contributed by atoms with Gasteiger partial charge in [0.2, 0.25) is 17.6 Å². The minimum atomic E-state index is -4.81. The number of carbonyl (C=O) groups excluding carboxylic acids is 3. The molecular weight excluding hydrogens is 431 g/mol. The molecule has 0 radical (unpaired) electrons. The van der Waals surface area contributed by atoms with Crippen LogP contribution in [0.4, 0.5) is 13.2 Å². The summed E-state index contributed by atoms with van der Waals surface area (Å²) in [6.07, 6.45) is 0.525. The molecule has 0 spiro atoms. The number of alkyl halides is 3. The maximum absolute atomic E-state index is 12.6. The van der Waals surface area contributed by atoms with Crippen LogP contribution in [0.25, 0.3) is 0 Å². The van der Waals surface area contributed by atoms with E-state index in [0.717, 1.165) is 44.2 Å². The van der Waals surface area contributed by atoms with E-state index in [0.29, 0.717) is 43.9 Å². The Bertz CT molecular complexity index is 568. The van der Waals surface area contributed by atoms with Gasteiger partial charge in [0.05, 0.1) is 5.75 Å². The zero-order chi connectivity index (χ0) is 23.3. The monoisotopic (exact) mass is 467 g/mol. The summed E-state index contributed by atoms with van der Waals surface area (Å²) in [5, 5.41) is 5.64. The maximum atomic E-state index is 12.6. The number of carbonyl (C=O) groups is 3. The average molecular weight is 468 g/mol. The molecule has 0 unspecified atom stereocenters. The van der Waals surface area contributed by atoms with E-state index in [4.69, 9.17) is 0 Å². The van der Waals surface area contributed by atoms with Gasteiger partial charge < -0.3 is 15.5 Å². The Morgan fingerprint density at radius 2 is 1.74 bits per heavy atom. The van der Waals surface area contributed by atoms with Crippen molar-refractivity contribution in [2.45, 2.75) is 71.0 Å². The highest BCUT2D eigenvalue weighted by molar-refractivity contribution is 7.99. The molecule has 6 nitrogen and oxygen atoms in total. The first-order valence-corrected chi connectivity index (χ1v) is 12.2. The molecule has 1 atom stereocenters. The Balaban J connectivity index is 2.44. The van der Waals surface area contributed by atoms with Crippen molar-refractivity contribution in [3.05, 3.63) is 0 Å². The van der Waals surface area contributed by atoms with Crippen molar-refractivity contribution in [1.29, 1.82) is 0 Å². The highest BCUT2D eigenvalue weighted by Crippen LogP contribution is 2.19. The van der Waals surface area contributed by atoms with E-state index in [1.54, 1.807) is 0 Å². The van der Waals surface area contributed by atoms with Crippen molar-refractivity contribution in [1.82, 2.24) is 15.5 Å². The topological polar surface area (TPSA) is 78.5 Å². The molecule has 0 aliphatic carbocycles. The number of hydrogen-bond donors (Lipinski definition) is 2. The second-order valence-electron chi connectivity index (χ2n) is 8.36. The third-order valence-corrected chi connectivity index (χ3v) is 6.15. The van der Waals surface area contributed by atoms with Crippen molar-refractivity contribution in [3.63, 3.8) is 0 Å². The molecule has 2 amide bonds. The summed E-state index contributed by atoms with van der Waals surface area (Å²) in [5.41, 5.74) is 0. The van der Waals surface area contributed by atoms with Gasteiger partial charge in [-0.1, -0.05) is 20.3 Å². The predicted octanol–water partition coefficient (Wildman–Crippen LogP) is 3.15. The van der Waals surface area contributed by atoms with Gasteiger partial charge >= 0.3 is 6.18 Å². The first-order valence-electron chi connectivity index (χ1n) is 11.1. The fourth-order valence-electron chi connectivity index (χ4n) is 3.23. The van der Waals surface area contributed by atoms with Gasteiger partial charge in [-0.05, 0) is 56.9 Å². The van der Waals surface area contributed by atoms with Crippen LogP contribution in [0.5, 0.6) is 0 Å². The van der Waals surface area contributed by atoms with Crippen LogP contribution < -0.4 is 10.6 Å². The second kappa shape index (κ2) is 14.7. The summed E-state index contributed by atoms with van der Waals surface area (Å²) < 4.78 is 36.8. The first-order chi connectivity index (χ1) is 14.6. The molecular formula is C21H36F3N3O3S. The van der Waals surface area contributed by atoms with Gasteiger partial charge in [0, 0.05) is 19.5 Å². The van der Waals surface area contributed by atoms with Crippen molar-refractivity contribution >= 4 is 29.4 Å². The number of nitrogens with zero attached hydrogens (tertiary/aromatic N) is 1. The summed E-state index contributed by atoms with van der Waals surface area (Å²) in [5.74, 6) is -2.19. The minimum Gasteiger partial charge on any atom is -0.353 e. The summed E-state index contributed by atoms with van der Waals surface area (Å²) in [6, 6.07) is -0.722.